The highest BCUT2D eigenvalue weighted by Crippen LogP contribution is 2.30. The van der Waals surface area contributed by atoms with E-state index in [9.17, 15) is 19.7 Å². The van der Waals surface area contributed by atoms with E-state index in [4.69, 9.17) is 9.47 Å². The molecule has 1 heterocycles. The van der Waals surface area contributed by atoms with Crippen LogP contribution in [0.1, 0.15) is 33.2 Å². The molecule has 0 saturated carbocycles. The molecule has 0 fully saturated rings. The summed E-state index contributed by atoms with van der Waals surface area (Å²) in [4.78, 5) is 37.8. The summed E-state index contributed by atoms with van der Waals surface area (Å²) < 4.78 is 10.9. The third kappa shape index (κ3) is 3.90. The van der Waals surface area contributed by atoms with Crippen molar-refractivity contribution < 1.29 is 28.9 Å². The molecule has 1 aliphatic rings. The minimum atomic E-state index is -0.643. The van der Waals surface area contributed by atoms with Crippen LogP contribution in [0, 0.1) is 10.1 Å². The molecule has 3 rings (SSSR count). The van der Waals surface area contributed by atoms with Crippen molar-refractivity contribution in [1.82, 2.24) is 4.90 Å². The number of imide groups is 1. The van der Waals surface area contributed by atoms with Crippen molar-refractivity contribution in [3.8, 4) is 11.5 Å². The van der Waals surface area contributed by atoms with Crippen molar-refractivity contribution in [3.63, 3.8) is 0 Å². The van der Waals surface area contributed by atoms with Gasteiger partial charge in [0.05, 0.1) is 31.3 Å². The van der Waals surface area contributed by atoms with Gasteiger partial charge in [0.1, 0.15) is 12.1 Å². The first kappa shape index (κ1) is 20.3. The Kier molecular flexibility index (Phi) is 5.79. The highest BCUT2D eigenvalue weighted by molar-refractivity contribution is 6.23. The molecule has 152 valence electrons. The quantitative estimate of drug-likeness (QED) is 0.407. The molecule has 0 aliphatic carbocycles. The monoisotopic (exact) mass is 400 g/mol. The lowest BCUT2D eigenvalue weighted by molar-refractivity contribution is -0.901. The number of benzene rings is 2. The van der Waals surface area contributed by atoms with Gasteiger partial charge >= 0.3 is 0 Å². The number of fused-ring (bicyclic) bond motifs is 1. The number of rotatable bonds is 8. The van der Waals surface area contributed by atoms with Gasteiger partial charge in [0.2, 0.25) is 0 Å². The summed E-state index contributed by atoms with van der Waals surface area (Å²) >= 11 is 0. The molecule has 1 N–H and O–H groups in total. The number of nitrogens with one attached hydrogen (secondary N) is 1. The second-order valence-electron chi connectivity index (χ2n) is 6.71. The van der Waals surface area contributed by atoms with Crippen LogP contribution in [0.5, 0.6) is 11.5 Å². The van der Waals surface area contributed by atoms with Gasteiger partial charge in [-0.3, -0.25) is 19.7 Å². The van der Waals surface area contributed by atoms with Crippen molar-refractivity contribution in [2.75, 3.05) is 27.4 Å². The molecular formula is C20H22N3O6+. The first-order chi connectivity index (χ1) is 13.9. The molecule has 1 unspecified atom stereocenters. The molecule has 29 heavy (non-hydrogen) atoms. The van der Waals surface area contributed by atoms with Crippen LogP contribution in [-0.4, -0.2) is 49.1 Å². The molecular weight excluding hydrogens is 378 g/mol. The van der Waals surface area contributed by atoms with Gasteiger partial charge in [-0.15, -0.1) is 0 Å². The molecule has 9 heteroatoms. The lowest BCUT2D eigenvalue weighted by atomic mass is 10.1. The molecule has 1 atom stereocenters. The highest BCUT2D eigenvalue weighted by Gasteiger charge is 2.42. The van der Waals surface area contributed by atoms with E-state index in [2.05, 4.69) is 0 Å². The number of hydrogen-bond acceptors (Lipinski definition) is 6. The Hall–Kier alpha value is -3.46. The van der Waals surface area contributed by atoms with Crippen LogP contribution >= 0.6 is 0 Å². The van der Waals surface area contributed by atoms with Crippen LogP contribution in [0.3, 0.4) is 0 Å². The van der Waals surface area contributed by atoms with Gasteiger partial charge in [-0.1, -0.05) is 6.07 Å². The number of nitro groups is 1. The topological polar surface area (TPSA) is 103 Å². The summed E-state index contributed by atoms with van der Waals surface area (Å²) in [6, 6.07) is 9.64. The Bertz CT molecular complexity index is 975. The fourth-order valence-electron chi connectivity index (χ4n) is 3.38. The Labute approximate surface area is 167 Å². The minimum Gasteiger partial charge on any atom is -0.493 e. The SMILES string of the molecule is CCOc1ccc(C[NH+](C)CN2C(=O)c3cccc([N+](=O)[O-])c3C2=O)cc1OC. The Morgan fingerprint density at radius 3 is 2.55 bits per heavy atom. The maximum atomic E-state index is 12.7. The molecule has 1 aliphatic heterocycles. The van der Waals surface area contributed by atoms with E-state index < -0.39 is 16.7 Å². The van der Waals surface area contributed by atoms with E-state index in [1.807, 2.05) is 32.2 Å². The normalized spacial score (nSPS) is 14.0. The van der Waals surface area contributed by atoms with Gasteiger partial charge in [0.25, 0.3) is 17.5 Å². The smallest absolute Gasteiger partial charge is 0.282 e. The van der Waals surface area contributed by atoms with Gasteiger partial charge in [0, 0.05) is 11.6 Å². The molecule has 2 aromatic rings. The van der Waals surface area contributed by atoms with E-state index in [0.717, 1.165) is 15.4 Å². The van der Waals surface area contributed by atoms with E-state index in [1.54, 1.807) is 7.11 Å². The maximum Gasteiger partial charge on any atom is 0.282 e. The van der Waals surface area contributed by atoms with Crippen LogP contribution in [0.25, 0.3) is 0 Å². The fraction of sp³-hybridized carbons (Fsp3) is 0.300. The Morgan fingerprint density at radius 1 is 1.14 bits per heavy atom. The number of nitro benzene ring substituents is 1. The molecule has 2 amide bonds. The van der Waals surface area contributed by atoms with Crippen LogP contribution in [0.2, 0.25) is 0 Å². The molecule has 0 saturated heterocycles. The van der Waals surface area contributed by atoms with Gasteiger partial charge < -0.3 is 14.4 Å². The number of carbonyl (C=O) groups is 2. The maximum absolute atomic E-state index is 12.7. The third-order valence-corrected chi connectivity index (χ3v) is 4.64. The van der Waals surface area contributed by atoms with E-state index in [1.165, 1.54) is 18.2 Å². The van der Waals surface area contributed by atoms with Gasteiger partial charge in [0.15, 0.2) is 18.2 Å². The van der Waals surface area contributed by atoms with Gasteiger partial charge in [-0.05, 0) is 31.2 Å². The van der Waals surface area contributed by atoms with Gasteiger partial charge in [-0.2, -0.15) is 0 Å². The van der Waals surface area contributed by atoms with Crippen LogP contribution in [-0.2, 0) is 6.54 Å². The summed E-state index contributed by atoms with van der Waals surface area (Å²) in [6.07, 6.45) is 0. The number of methoxy groups -OCH3 is 1. The molecule has 0 radical (unpaired) electrons. The highest BCUT2D eigenvalue weighted by atomic mass is 16.6. The van der Waals surface area contributed by atoms with E-state index >= 15 is 0 Å². The summed E-state index contributed by atoms with van der Waals surface area (Å²) in [7, 11) is 3.39. The first-order valence-corrected chi connectivity index (χ1v) is 9.12. The van der Waals surface area contributed by atoms with Crippen molar-refractivity contribution in [1.29, 1.82) is 0 Å². The zero-order valence-corrected chi connectivity index (χ0v) is 16.4. The molecule has 0 bridgehead atoms. The average Bonchev–Trinajstić information content (AvgIpc) is 2.94. The van der Waals surface area contributed by atoms with Crippen molar-refractivity contribution in [3.05, 3.63) is 63.2 Å². The second kappa shape index (κ2) is 8.27. The van der Waals surface area contributed by atoms with Crippen molar-refractivity contribution in [2.24, 2.45) is 0 Å². The fourth-order valence-corrected chi connectivity index (χ4v) is 3.38. The zero-order chi connectivity index (χ0) is 21.1. The first-order valence-electron chi connectivity index (χ1n) is 9.12. The van der Waals surface area contributed by atoms with Crippen LogP contribution in [0.15, 0.2) is 36.4 Å². The molecule has 0 spiro atoms. The van der Waals surface area contributed by atoms with Crippen molar-refractivity contribution >= 4 is 17.5 Å². The predicted octanol–water partition coefficient (Wildman–Crippen LogP) is 1.27. The molecule has 0 aromatic heterocycles. The average molecular weight is 400 g/mol. The third-order valence-electron chi connectivity index (χ3n) is 4.64. The number of nitrogens with zero attached hydrogens (tertiary/aromatic N) is 2. The number of amides is 2. The second-order valence-corrected chi connectivity index (χ2v) is 6.71. The summed E-state index contributed by atoms with van der Waals surface area (Å²) in [5.41, 5.74) is 0.514. The lowest BCUT2D eigenvalue weighted by Crippen LogP contribution is -3.09. The standard InChI is InChI=1S/C20H21N3O6/c1-4-29-16-9-8-13(10-17(16)28-3)11-21(2)12-22-19(24)14-6-5-7-15(23(26)27)18(14)20(22)25/h5-10H,4,11-12H2,1-3H3/p+1. The summed E-state index contributed by atoms with van der Waals surface area (Å²) in [6.45, 7) is 3.00. The van der Waals surface area contributed by atoms with Crippen LogP contribution in [0.4, 0.5) is 5.69 Å². The summed E-state index contributed by atoms with van der Waals surface area (Å²) in [5.74, 6) is 0.0933. The Morgan fingerprint density at radius 2 is 1.90 bits per heavy atom. The number of carbonyl (C=O) groups excluding carboxylic acids is 2. The zero-order valence-electron chi connectivity index (χ0n) is 16.4. The van der Waals surface area contributed by atoms with Gasteiger partial charge in [-0.25, -0.2) is 4.90 Å². The number of ether oxygens (including phenoxy) is 2. The van der Waals surface area contributed by atoms with E-state index in [0.29, 0.717) is 24.7 Å². The molecule has 9 nitrogen and oxygen atoms in total. The molecule has 2 aromatic carbocycles. The Balaban J connectivity index is 1.75. The lowest BCUT2D eigenvalue weighted by Gasteiger charge is -2.20. The number of hydrogen-bond donors (Lipinski definition) is 1. The minimum absolute atomic E-state index is 0.0692. The summed E-state index contributed by atoms with van der Waals surface area (Å²) in [5, 5.41) is 11.2. The van der Waals surface area contributed by atoms with Crippen LogP contribution < -0.4 is 14.4 Å². The number of quaternary nitrogens is 1. The predicted molar refractivity (Wildman–Crippen MR) is 103 cm³/mol. The van der Waals surface area contributed by atoms with E-state index in [-0.39, 0.29) is 23.5 Å². The van der Waals surface area contributed by atoms with Crippen molar-refractivity contribution in [2.45, 2.75) is 13.5 Å². The largest absolute Gasteiger partial charge is 0.493 e.